The number of amides is 1. The smallest absolute Gasteiger partial charge is 0.395 e. The second kappa shape index (κ2) is 6.31. The maximum atomic E-state index is 11.9. The van der Waals surface area contributed by atoms with Crippen LogP contribution in [-0.4, -0.2) is 22.7 Å². The van der Waals surface area contributed by atoms with Crippen LogP contribution in [0.1, 0.15) is 33.6 Å². The molecule has 0 aromatic carbocycles. The molecule has 2 aromatic heterocycles. The summed E-state index contributed by atoms with van der Waals surface area (Å²) >= 11 is 1.34. The Hall–Kier alpha value is -2.48. The van der Waals surface area contributed by atoms with Crippen LogP contribution < -0.4 is 5.32 Å². The predicted octanol–water partition coefficient (Wildman–Crippen LogP) is 2.64. The lowest BCUT2D eigenvalue weighted by molar-refractivity contribution is -0.402. The van der Waals surface area contributed by atoms with Crippen LogP contribution in [-0.2, 0) is 0 Å². The first-order valence-corrected chi connectivity index (χ1v) is 6.97. The Balaban J connectivity index is 1.92. The third kappa shape index (κ3) is 3.76. The molecule has 7 nitrogen and oxygen atoms in total. The van der Waals surface area contributed by atoms with E-state index in [-0.39, 0.29) is 18.0 Å². The molecule has 0 spiro atoms. The van der Waals surface area contributed by atoms with Crippen LogP contribution in [0.2, 0.25) is 0 Å². The first-order chi connectivity index (χ1) is 9.97. The number of nitro groups is 1. The number of thiophene rings is 1. The second-order valence-corrected chi connectivity index (χ2v) is 5.32. The average Bonchev–Trinajstić information content (AvgIpc) is 3.10. The van der Waals surface area contributed by atoms with E-state index in [4.69, 9.17) is 4.42 Å². The molecule has 2 heterocycles. The summed E-state index contributed by atoms with van der Waals surface area (Å²) in [5, 5.41) is 14.8. The van der Waals surface area contributed by atoms with Gasteiger partial charge in [0.05, 0.1) is 10.9 Å². The number of Topliss-reactive ketones (excluding diaryl/α,β-unsaturated/α-hetero) is 1. The van der Waals surface area contributed by atoms with Crippen molar-refractivity contribution < 1.29 is 18.9 Å². The number of hydrogen-bond donors (Lipinski definition) is 1. The Labute approximate surface area is 123 Å². The minimum absolute atomic E-state index is 0.0665. The molecule has 0 saturated heterocycles. The van der Waals surface area contributed by atoms with Crippen LogP contribution in [0.3, 0.4) is 0 Å². The van der Waals surface area contributed by atoms with Gasteiger partial charge >= 0.3 is 5.88 Å². The van der Waals surface area contributed by atoms with E-state index in [1.807, 2.05) is 0 Å². The summed E-state index contributed by atoms with van der Waals surface area (Å²) in [5.41, 5.74) is 0. The van der Waals surface area contributed by atoms with Gasteiger partial charge in [0.25, 0.3) is 5.91 Å². The number of nitrogens with zero attached hydrogens (tertiary/aromatic N) is 1. The maximum absolute atomic E-state index is 11.9. The molecule has 0 bridgehead atoms. The van der Waals surface area contributed by atoms with Gasteiger partial charge in [-0.15, -0.1) is 11.3 Å². The van der Waals surface area contributed by atoms with E-state index in [1.165, 1.54) is 17.4 Å². The molecule has 1 unspecified atom stereocenters. The minimum atomic E-state index is -0.722. The lowest BCUT2D eigenvalue weighted by Crippen LogP contribution is -2.33. The number of furan rings is 1. The van der Waals surface area contributed by atoms with E-state index < -0.39 is 22.8 Å². The van der Waals surface area contributed by atoms with Gasteiger partial charge in [0.1, 0.15) is 4.92 Å². The molecule has 0 aliphatic heterocycles. The van der Waals surface area contributed by atoms with Gasteiger partial charge in [-0.1, -0.05) is 6.07 Å². The van der Waals surface area contributed by atoms with Crippen LogP contribution in [0.25, 0.3) is 0 Å². The number of carbonyl (C=O) groups excluding carboxylic acids is 2. The number of rotatable bonds is 6. The molecule has 1 atom stereocenters. The van der Waals surface area contributed by atoms with Gasteiger partial charge in [0.15, 0.2) is 11.5 Å². The lowest BCUT2D eigenvalue weighted by Gasteiger charge is -2.11. The van der Waals surface area contributed by atoms with Crippen molar-refractivity contribution >= 4 is 28.9 Å². The SMILES string of the molecule is CC(CC(=O)c1cccs1)NC(=O)c1ccc([N+](=O)[O-])o1. The molecular formula is C13H12N2O5S. The Morgan fingerprint density at radius 2 is 2.19 bits per heavy atom. The van der Waals surface area contributed by atoms with Crippen molar-refractivity contribution in [3.05, 3.63) is 50.4 Å². The second-order valence-electron chi connectivity index (χ2n) is 4.37. The third-order valence-electron chi connectivity index (χ3n) is 2.66. The van der Waals surface area contributed by atoms with Gasteiger partial charge in [-0.2, -0.15) is 0 Å². The topological polar surface area (TPSA) is 102 Å². The van der Waals surface area contributed by atoms with Gasteiger partial charge < -0.3 is 9.73 Å². The molecule has 0 aliphatic rings. The number of nitrogens with one attached hydrogen (secondary N) is 1. The van der Waals surface area contributed by atoms with Crippen LogP contribution in [0.5, 0.6) is 0 Å². The highest BCUT2D eigenvalue weighted by Gasteiger charge is 2.20. The van der Waals surface area contributed by atoms with E-state index in [2.05, 4.69) is 5.32 Å². The highest BCUT2D eigenvalue weighted by atomic mass is 32.1. The summed E-state index contributed by atoms with van der Waals surface area (Å²) in [5.74, 6) is -1.31. The maximum Gasteiger partial charge on any atom is 0.433 e. The summed E-state index contributed by atoms with van der Waals surface area (Å²) in [7, 11) is 0. The van der Waals surface area contributed by atoms with E-state index in [9.17, 15) is 19.7 Å². The summed E-state index contributed by atoms with van der Waals surface area (Å²) in [6, 6.07) is 5.43. The van der Waals surface area contributed by atoms with Crippen molar-refractivity contribution in [2.75, 3.05) is 0 Å². The van der Waals surface area contributed by atoms with Crippen LogP contribution in [0, 0.1) is 10.1 Å². The van der Waals surface area contributed by atoms with Crippen LogP contribution in [0.4, 0.5) is 5.88 Å². The molecule has 8 heteroatoms. The van der Waals surface area contributed by atoms with Gasteiger partial charge in [-0.25, -0.2) is 0 Å². The standard InChI is InChI=1S/C13H12N2O5S/c1-8(7-9(16)11-3-2-6-21-11)14-13(17)10-4-5-12(20-10)15(18)19/h2-6,8H,7H2,1H3,(H,14,17). The molecule has 2 aromatic rings. The molecule has 0 aliphatic carbocycles. The molecule has 110 valence electrons. The van der Waals surface area contributed by atoms with Crippen molar-refractivity contribution in [3.63, 3.8) is 0 Å². The minimum Gasteiger partial charge on any atom is -0.395 e. The summed E-state index contributed by atoms with van der Waals surface area (Å²) in [6.45, 7) is 1.68. The van der Waals surface area contributed by atoms with Crippen molar-refractivity contribution in [3.8, 4) is 0 Å². The number of carbonyl (C=O) groups is 2. The highest BCUT2D eigenvalue weighted by molar-refractivity contribution is 7.12. The summed E-state index contributed by atoms with van der Waals surface area (Å²) in [4.78, 5) is 34.1. The predicted molar refractivity (Wildman–Crippen MR) is 75.6 cm³/mol. The quantitative estimate of drug-likeness (QED) is 0.502. The molecule has 21 heavy (non-hydrogen) atoms. The average molecular weight is 308 g/mol. The van der Waals surface area contributed by atoms with Gasteiger partial charge in [0, 0.05) is 12.5 Å². The van der Waals surface area contributed by atoms with Crippen molar-refractivity contribution in [2.45, 2.75) is 19.4 Å². The Kier molecular flexibility index (Phi) is 4.49. The molecule has 0 saturated carbocycles. The van der Waals surface area contributed by atoms with E-state index >= 15 is 0 Å². The largest absolute Gasteiger partial charge is 0.433 e. The molecule has 2 rings (SSSR count). The van der Waals surface area contributed by atoms with Gasteiger partial charge in [-0.3, -0.25) is 19.7 Å². The molecule has 1 N–H and O–H groups in total. The molecular weight excluding hydrogens is 296 g/mol. The van der Waals surface area contributed by atoms with Crippen molar-refractivity contribution in [1.29, 1.82) is 0 Å². The highest BCUT2D eigenvalue weighted by Crippen LogP contribution is 2.16. The monoisotopic (exact) mass is 308 g/mol. The fourth-order valence-corrected chi connectivity index (χ4v) is 2.39. The fourth-order valence-electron chi connectivity index (χ4n) is 1.71. The number of hydrogen-bond acceptors (Lipinski definition) is 6. The third-order valence-corrected chi connectivity index (χ3v) is 3.57. The Morgan fingerprint density at radius 1 is 1.43 bits per heavy atom. The summed E-state index contributed by atoms with van der Waals surface area (Å²) in [6.07, 6.45) is 0.148. The van der Waals surface area contributed by atoms with Crippen molar-refractivity contribution in [2.24, 2.45) is 0 Å². The fraction of sp³-hybridized carbons (Fsp3) is 0.231. The molecule has 0 radical (unpaired) electrons. The van der Waals surface area contributed by atoms with Crippen LogP contribution >= 0.6 is 11.3 Å². The Morgan fingerprint density at radius 3 is 2.76 bits per heavy atom. The zero-order chi connectivity index (χ0) is 15.4. The summed E-state index contributed by atoms with van der Waals surface area (Å²) < 4.78 is 4.79. The Bertz CT molecular complexity index is 662. The van der Waals surface area contributed by atoms with E-state index in [0.717, 1.165) is 6.07 Å². The number of ketones is 1. The first kappa shape index (κ1) is 14.9. The first-order valence-electron chi connectivity index (χ1n) is 6.09. The zero-order valence-electron chi connectivity index (χ0n) is 11.1. The van der Waals surface area contributed by atoms with E-state index in [0.29, 0.717) is 4.88 Å². The van der Waals surface area contributed by atoms with E-state index in [1.54, 1.807) is 24.4 Å². The van der Waals surface area contributed by atoms with Gasteiger partial charge in [0.2, 0.25) is 0 Å². The lowest BCUT2D eigenvalue weighted by atomic mass is 10.1. The zero-order valence-corrected chi connectivity index (χ0v) is 11.9. The molecule has 1 amide bonds. The van der Waals surface area contributed by atoms with Crippen molar-refractivity contribution in [1.82, 2.24) is 5.32 Å². The molecule has 0 fully saturated rings. The normalized spacial score (nSPS) is 11.9. The van der Waals surface area contributed by atoms with Gasteiger partial charge in [-0.05, 0) is 24.4 Å². The van der Waals surface area contributed by atoms with Crippen LogP contribution in [0.15, 0.2) is 34.1 Å².